The molecule has 102 valence electrons. The summed E-state index contributed by atoms with van der Waals surface area (Å²) >= 11 is 0. The number of fused-ring (bicyclic) bond motifs is 1. The molecule has 1 unspecified atom stereocenters. The van der Waals surface area contributed by atoms with E-state index >= 15 is 0 Å². The Balaban J connectivity index is 2.33. The number of aliphatic carboxylic acids is 1. The molecule has 1 aliphatic heterocycles. The second-order valence-corrected chi connectivity index (χ2v) is 5.50. The third kappa shape index (κ3) is 2.78. The molecule has 0 spiro atoms. The van der Waals surface area contributed by atoms with Crippen LogP contribution in [-0.4, -0.2) is 22.5 Å². The van der Waals surface area contributed by atoms with Gasteiger partial charge in [0.15, 0.2) is 5.78 Å². The molecule has 4 nitrogen and oxygen atoms in total. The second kappa shape index (κ2) is 4.68. The van der Waals surface area contributed by atoms with Crippen molar-refractivity contribution < 1.29 is 19.4 Å². The Labute approximate surface area is 112 Å². The number of hydrogen-bond donors (Lipinski definition) is 1. The van der Waals surface area contributed by atoms with E-state index in [2.05, 4.69) is 0 Å². The number of benzene rings is 1. The number of carboxylic acids is 1. The van der Waals surface area contributed by atoms with Gasteiger partial charge in [0.1, 0.15) is 11.4 Å². The van der Waals surface area contributed by atoms with Gasteiger partial charge >= 0.3 is 5.97 Å². The van der Waals surface area contributed by atoms with Crippen molar-refractivity contribution in [2.24, 2.45) is 0 Å². The molecular weight excluding hydrogens is 244 g/mol. The molecule has 4 heteroatoms. The van der Waals surface area contributed by atoms with Crippen LogP contribution in [0.5, 0.6) is 5.75 Å². The molecule has 0 saturated carbocycles. The molecule has 2 rings (SSSR count). The Bertz CT molecular complexity index is 547. The molecule has 1 aromatic rings. The van der Waals surface area contributed by atoms with Crippen LogP contribution >= 0.6 is 0 Å². The van der Waals surface area contributed by atoms with Gasteiger partial charge in [-0.2, -0.15) is 0 Å². The zero-order valence-corrected chi connectivity index (χ0v) is 11.4. The molecule has 0 aromatic heterocycles. The summed E-state index contributed by atoms with van der Waals surface area (Å²) in [4.78, 5) is 22.9. The summed E-state index contributed by atoms with van der Waals surface area (Å²) in [6.07, 6.45) is 0.571. The van der Waals surface area contributed by atoms with Crippen LogP contribution in [0.2, 0.25) is 0 Å². The van der Waals surface area contributed by atoms with E-state index in [1.807, 2.05) is 26.0 Å². The zero-order valence-electron chi connectivity index (χ0n) is 11.4. The van der Waals surface area contributed by atoms with Crippen molar-refractivity contribution in [2.45, 2.75) is 45.6 Å². The minimum absolute atomic E-state index is 0.00388. The van der Waals surface area contributed by atoms with E-state index in [9.17, 15) is 9.59 Å². The maximum atomic E-state index is 12.3. The Morgan fingerprint density at radius 3 is 2.74 bits per heavy atom. The SMILES string of the molecule is Cc1cc(C)c2c(c1)OC(C)(CCC(=O)O)CC2=O. The number of carboxylic acid groups (broad SMARTS) is 1. The molecule has 0 fully saturated rings. The Morgan fingerprint density at radius 2 is 2.11 bits per heavy atom. The van der Waals surface area contributed by atoms with Gasteiger partial charge in [0.05, 0.1) is 12.0 Å². The summed E-state index contributed by atoms with van der Waals surface area (Å²) in [5.41, 5.74) is 1.87. The van der Waals surface area contributed by atoms with Crippen molar-refractivity contribution in [3.8, 4) is 5.75 Å². The van der Waals surface area contributed by atoms with Crippen LogP contribution in [0.1, 0.15) is 47.7 Å². The van der Waals surface area contributed by atoms with Crippen molar-refractivity contribution in [1.29, 1.82) is 0 Å². The van der Waals surface area contributed by atoms with E-state index in [4.69, 9.17) is 9.84 Å². The molecular formula is C15H18O4. The minimum atomic E-state index is -0.872. The van der Waals surface area contributed by atoms with Gasteiger partial charge in [-0.05, 0) is 44.4 Å². The molecule has 0 saturated heterocycles. The molecule has 1 N–H and O–H groups in total. The molecule has 0 aliphatic carbocycles. The molecule has 1 aliphatic rings. The number of carbonyl (C=O) groups excluding carboxylic acids is 1. The fourth-order valence-electron chi connectivity index (χ4n) is 2.61. The molecule has 0 radical (unpaired) electrons. The van der Waals surface area contributed by atoms with Gasteiger partial charge in [-0.25, -0.2) is 0 Å². The molecule has 1 atom stereocenters. The van der Waals surface area contributed by atoms with Crippen molar-refractivity contribution in [1.82, 2.24) is 0 Å². The van der Waals surface area contributed by atoms with Gasteiger partial charge in [-0.3, -0.25) is 9.59 Å². The standard InChI is InChI=1S/C15H18O4/c1-9-6-10(2)14-11(16)8-15(3,5-4-13(17)18)19-12(14)7-9/h6-7H,4-5,8H2,1-3H3,(H,17,18). The maximum Gasteiger partial charge on any atom is 0.303 e. The second-order valence-electron chi connectivity index (χ2n) is 5.50. The normalized spacial score (nSPS) is 21.7. The highest BCUT2D eigenvalue weighted by Crippen LogP contribution is 2.37. The molecule has 19 heavy (non-hydrogen) atoms. The lowest BCUT2D eigenvalue weighted by Gasteiger charge is -2.35. The molecule has 1 aromatic carbocycles. The van der Waals surface area contributed by atoms with Gasteiger partial charge in [0.25, 0.3) is 0 Å². The van der Waals surface area contributed by atoms with Gasteiger partial charge in [0.2, 0.25) is 0 Å². The number of hydrogen-bond acceptors (Lipinski definition) is 3. The summed E-state index contributed by atoms with van der Waals surface area (Å²) in [5.74, 6) is -0.253. The lowest BCUT2D eigenvalue weighted by Crippen LogP contribution is -2.40. The van der Waals surface area contributed by atoms with Crippen LogP contribution in [0.15, 0.2) is 12.1 Å². The van der Waals surface area contributed by atoms with Crippen LogP contribution in [-0.2, 0) is 4.79 Å². The van der Waals surface area contributed by atoms with E-state index in [0.717, 1.165) is 11.1 Å². The fraction of sp³-hybridized carbons (Fsp3) is 0.467. The number of carbonyl (C=O) groups is 2. The topological polar surface area (TPSA) is 63.6 Å². The summed E-state index contributed by atoms with van der Waals surface area (Å²) in [6, 6.07) is 3.80. The first-order chi connectivity index (χ1) is 8.81. The van der Waals surface area contributed by atoms with Crippen molar-refractivity contribution >= 4 is 11.8 Å². The summed E-state index contributed by atoms with van der Waals surface area (Å²) in [7, 11) is 0. The third-order valence-corrected chi connectivity index (χ3v) is 3.48. The van der Waals surface area contributed by atoms with E-state index in [0.29, 0.717) is 17.7 Å². The molecule has 0 amide bonds. The fourth-order valence-corrected chi connectivity index (χ4v) is 2.61. The molecule has 0 bridgehead atoms. The monoisotopic (exact) mass is 262 g/mol. The number of aryl methyl sites for hydroxylation is 2. The predicted octanol–water partition coefficient (Wildman–Crippen LogP) is 2.89. The van der Waals surface area contributed by atoms with Gasteiger partial charge in [0, 0.05) is 6.42 Å². The lowest BCUT2D eigenvalue weighted by atomic mass is 9.86. The first-order valence-corrected chi connectivity index (χ1v) is 6.36. The predicted molar refractivity (Wildman–Crippen MR) is 70.8 cm³/mol. The van der Waals surface area contributed by atoms with Crippen molar-refractivity contribution in [3.63, 3.8) is 0 Å². The first kappa shape index (κ1) is 13.6. The van der Waals surface area contributed by atoms with Crippen LogP contribution in [0, 0.1) is 13.8 Å². The van der Waals surface area contributed by atoms with E-state index in [1.165, 1.54) is 0 Å². The lowest BCUT2D eigenvalue weighted by molar-refractivity contribution is -0.138. The van der Waals surface area contributed by atoms with Crippen LogP contribution in [0.25, 0.3) is 0 Å². The highest BCUT2D eigenvalue weighted by Gasteiger charge is 2.37. The van der Waals surface area contributed by atoms with Gasteiger partial charge in [-0.15, -0.1) is 0 Å². The van der Waals surface area contributed by atoms with Gasteiger partial charge < -0.3 is 9.84 Å². The first-order valence-electron chi connectivity index (χ1n) is 6.36. The van der Waals surface area contributed by atoms with Crippen molar-refractivity contribution in [2.75, 3.05) is 0 Å². The third-order valence-electron chi connectivity index (χ3n) is 3.48. The number of ether oxygens (including phenoxy) is 1. The smallest absolute Gasteiger partial charge is 0.303 e. The highest BCUT2D eigenvalue weighted by molar-refractivity contribution is 6.01. The van der Waals surface area contributed by atoms with Crippen molar-refractivity contribution in [3.05, 3.63) is 28.8 Å². The Kier molecular flexibility index (Phi) is 3.35. The van der Waals surface area contributed by atoms with Gasteiger partial charge in [-0.1, -0.05) is 6.07 Å². The summed E-state index contributed by atoms with van der Waals surface area (Å²) in [5, 5.41) is 8.77. The van der Waals surface area contributed by atoms with Crippen LogP contribution in [0.4, 0.5) is 0 Å². The highest BCUT2D eigenvalue weighted by atomic mass is 16.5. The summed E-state index contributed by atoms with van der Waals surface area (Å²) in [6.45, 7) is 5.64. The Hall–Kier alpha value is -1.84. The van der Waals surface area contributed by atoms with E-state index < -0.39 is 11.6 Å². The average molecular weight is 262 g/mol. The zero-order chi connectivity index (χ0) is 14.2. The molecule has 1 heterocycles. The largest absolute Gasteiger partial charge is 0.486 e. The van der Waals surface area contributed by atoms with Crippen LogP contribution in [0.3, 0.4) is 0 Å². The van der Waals surface area contributed by atoms with Crippen LogP contribution < -0.4 is 4.74 Å². The number of rotatable bonds is 3. The quantitative estimate of drug-likeness (QED) is 0.909. The van der Waals surface area contributed by atoms with E-state index in [-0.39, 0.29) is 18.6 Å². The minimum Gasteiger partial charge on any atom is -0.486 e. The average Bonchev–Trinajstić information content (AvgIpc) is 2.24. The summed E-state index contributed by atoms with van der Waals surface area (Å²) < 4.78 is 5.92. The number of Topliss-reactive ketones (excluding diaryl/α,β-unsaturated/α-hetero) is 1. The number of ketones is 1. The Morgan fingerprint density at radius 1 is 1.42 bits per heavy atom. The maximum absolute atomic E-state index is 12.3. The van der Waals surface area contributed by atoms with E-state index in [1.54, 1.807) is 6.92 Å².